The van der Waals surface area contributed by atoms with Crippen LogP contribution in [0.5, 0.6) is 5.88 Å². The minimum Gasteiger partial charge on any atom is -0.481 e. The number of hydrogen-bond donors (Lipinski definition) is 1. The minimum atomic E-state index is 0.343. The van der Waals surface area contributed by atoms with Gasteiger partial charge < -0.3 is 10.1 Å². The van der Waals surface area contributed by atoms with Crippen molar-refractivity contribution in [3.63, 3.8) is 0 Å². The predicted molar refractivity (Wildman–Crippen MR) is 84.5 cm³/mol. The first-order valence-corrected chi connectivity index (χ1v) is 7.60. The lowest BCUT2D eigenvalue weighted by Gasteiger charge is -2.16. The molecule has 0 bridgehead atoms. The van der Waals surface area contributed by atoms with Crippen molar-refractivity contribution >= 4 is 0 Å². The average molecular weight is 282 g/mol. The van der Waals surface area contributed by atoms with Crippen molar-refractivity contribution in [3.8, 4) is 5.88 Å². The molecule has 1 aromatic heterocycles. The van der Waals surface area contributed by atoms with Gasteiger partial charge in [0.2, 0.25) is 5.88 Å². The first kappa shape index (κ1) is 14.1. The summed E-state index contributed by atoms with van der Waals surface area (Å²) in [7, 11) is 1.65. The zero-order valence-corrected chi connectivity index (χ0v) is 12.7. The van der Waals surface area contributed by atoms with Gasteiger partial charge in [-0.25, -0.2) is 4.98 Å². The molecule has 0 saturated carbocycles. The van der Waals surface area contributed by atoms with Crippen LogP contribution in [0.2, 0.25) is 0 Å². The van der Waals surface area contributed by atoms with Crippen molar-refractivity contribution in [1.29, 1.82) is 0 Å². The summed E-state index contributed by atoms with van der Waals surface area (Å²) in [5, 5.41) is 3.57. The number of nitrogens with zero attached hydrogens (tertiary/aromatic N) is 1. The van der Waals surface area contributed by atoms with Gasteiger partial charge in [0.25, 0.3) is 0 Å². The molecule has 0 spiro atoms. The summed E-state index contributed by atoms with van der Waals surface area (Å²) >= 11 is 0. The quantitative estimate of drug-likeness (QED) is 0.912. The monoisotopic (exact) mass is 282 g/mol. The molecule has 3 heteroatoms. The van der Waals surface area contributed by atoms with E-state index in [1.54, 1.807) is 13.3 Å². The van der Waals surface area contributed by atoms with Gasteiger partial charge in [-0.1, -0.05) is 18.2 Å². The highest BCUT2D eigenvalue weighted by Crippen LogP contribution is 2.25. The van der Waals surface area contributed by atoms with Crippen molar-refractivity contribution in [2.24, 2.45) is 0 Å². The van der Waals surface area contributed by atoms with E-state index in [2.05, 4.69) is 35.4 Å². The summed E-state index contributed by atoms with van der Waals surface area (Å²) in [6, 6.07) is 11.3. The predicted octanol–water partition coefficient (Wildman–Crippen LogP) is 3.43. The normalized spacial score (nSPS) is 14.8. The van der Waals surface area contributed by atoms with Crippen LogP contribution in [0, 0.1) is 0 Å². The number of methoxy groups -OCH3 is 1. The molecule has 1 aliphatic rings. The van der Waals surface area contributed by atoms with Gasteiger partial charge >= 0.3 is 0 Å². The molecule has 21 heavy (non-hydrogen) atoms. The van der Waals surface area contributed by atoms with E-state index in [0.717, 1.165) is 6.54 Å². The number of fused-ring (bicyclic) bond motifs is 1. The van der Waals surface area contributed by atoms with Crippen LogP contribution in [-0.2, 0) is 19.4 Å². The Kier molecular flexibility index (Phi) is 4.20. The molecule has 1 heterocycles. The largest absolute Gasteiger partial charge is 0.481 e. The van der Waals surface area contributed by atoms with Crippen LogP contribution in [0.25, 0.3) is 0 Å². The summed E-state index contributed by atoms with van der Waals surface area (Å²) in [6.45, 7) is 3.03. The smallest absolute Gasteiger partial charge is 0.213 e. The lowest BCUT2D eigenvalue weighted by molar-refractivity contribution is 0.397. The van der Waals surface area contributed by atoms with Crippen molar-refractivity contribution in [3.05, 3.63) is 58.8 Å². The van der Waals surface area contributed by atoms with E-state index >= 15 is 0 Å². The van der Waals surface area contributed by atoms with Gasteiger partial charge in [-0.2, -0.15) is 0 Å². The highest BCUT2D eigenvalue weighted by Gasteiger charge is 2.13. The second-order valence-corrected chi connectivity index (χ2v) is 5.69. The number of rotatable bonds is 5. The Morgan fingerprint density at radius 1 is 1.19 bits per heavy atom. The third-order valence-electron chi connectivity index (χ3n) is 4.24. The van der Waals surface area contributed by atoms with Crippen LogP contribution in [0.3, 0.4) is 0 Å². The van der Waals surface area contributed by atoms with Crippen molar-refractivity contribution < 1.29 is 4.74 Å². The van der Waals surface area contributed by atoms with E-state index in [-0.39, 0.29) is 0 Å². The van der Waals surface area contributed by atoms with Gasteiger partial charge in [0, 0.05) is 24.8 Å². The van der Waals surface area contributed by atoms with E-state index in [1.807, 2.05) is 12.1 Å². The lowest BCUT2D eigenvalue weighted by Crippen LogP contribution is -2.18. The third-order valence-corrected chi connectivity index (χ3v) is 4.24. The first-order chi connectivity index (χ1) is 10.3. The third kappa shape index (κ3) is 3.24. The molecule has 2 aromatic rings. The maximum Gasteiger partial charge on any atom is 0.213 e. The highest BCUT2D eigenvalue weighted by molar-refractivity contribution is 5.36. The molecule has 0 aliphatic heterocycles. The SMILES string of the molecule is COc1cc(CNC(C)c2ccc3c(c2)CCC3)ccn1. The highest BCUT2D eigenvalue weighted by atomic mass is 16.5. The molecule has 3 rings (SSSR count). The summed E-state index contributed by atoms with van der Waals surface area (Å²) in [4.78, 5) is 4.13. The van der Waals surface area contributed by atoms with Gasteiger partial charge in [-0.15, -0.1) is 0 Å². The van der Waals surface area contributed by atoms with Gasteiger partial charge in [0.15, 0.2) is 0 Å². The fraction of sp³-hybridized carbons (Fsp3) is 0.389. The van der Waals surface area contributed by atoms with Crippen LogP contribution >= 0.6 is 0 Å². The maximum atomic E-state index is 5.16. The maximum absolute atomic E-state index is 5.16. The molecule has 1 atom stereocenters. The van der Waals surface area contributed by atoms with E-state index in [1.165, 1.54) is 41.5 Å². The fourth-order valence-corrected chi connectivity index (χ4v) is 2.92. The van der Waals surface area contributed by atoms with Crippen LogP contribution in [0.15, 0.2) is 36.5 Å². The van der Waals surface area contributed by atoms with Crippen LogP contribution in [0.4, 0.5) is 0 Å². The molecule has 1 aromatic carbocycles. The molecule has 1 N–H and O–H groups in total. The number of aryl methyl sites for hydroxylation is 2. The van der Waals surface area contributed by atoms with E-state index < -0.39 is 0 Å². The van der Waals surface area contributed by atoms with E-state index in [4.69, 9.17) is 4.74 Å². The van der Waals surface area contributed by atoms with Crippen LogP contribution in [0.1, 0.15) is 41.6 Å². The minimum absolute atomic E-state index is 0.343. The summed E-state index contributed by atoms with van der Waals surface area (Å²) in [5.41, 5.74) is 5.63. The second-order valence-electron chi connectivity index (χ2n) is 5.69. The fourth-order valence-electron chi connectivity index (χ4n) is 2.92. The first-order valence-electron chi connectivity index (χ1n) is 7.60. The number of nitrogens with one attached hydrogen (secondary N) is 1. The molecule has 0 fully saturated rings. The van der Waals surface area contributed by atoms with Crippen molar-refractivity contribution in [2.75, 3.05) is 7.11 Å². The molecule has 0 amide bonds. The Balaban J connectivity index is 1.64. The second kappa shape index (κ2) is 6.27. The van der Waals surface area contributed by atoms with Gasteiger partial charge in [-0.05, 0) is 54.5 Å². The number of hydrogen-bond acceptors (Lipinski definition) is 3. The molecular formula is C18H22N2O. The van der Waals surface area contributed by atoms with Gasteiger partial charge in [-0.3, -0.25) is 0 Å². The zero-order chi connectivity index (χ0) is 14.7. The number of pyridine rings is 1. The summed E-state index contributed by atoms with van der Waals surface area (Å²) < 4.78 is 5.16. The summed E-state index contributed by atoms with van der Waals surface area (Å²) in [6.07, 6.45) is 5.57. The van der Waals surface area contributed by atoms with Gasteiger partial charge in [0.1, 0.15) is 0 Å². The molecule has 0 radical (unpaired) electrons. The Bertz CT molecular complexity index is 624. The average Bonchev–Trinajstić information content (AvgIpc) is 3.00. The van der Waals surface area contributed by atoms with Gasteiger partial charge in [0.05, 0.1) is 7.11 Å². The van der Waals surface area contributed by atoms with Crippen LogP contribution < -0.4 is 10.1 Å². The number of aromatic nitrogens is 1. The van der Waals surface area contributed by atoms with Crippen molar-refractivity contribution in [1.82, 2.24) is 10.3 Å². The summed E-state index contributed by atoms with van der Waals surface area (Å²) in [5.74, 6) is 0.666. The van der Waals surface area contributed by atoms with E-state index in [9.17, 15) is 0 Å². The molecule has 3 nitrogen and oxygen atoms in total. The molecular weight excluding hydrogens is 260 g/mol. The Hall–Kier alpha value is -1.87. The number of benzene rings is 1. The Morgan fingerprint density at radius 2 is 2.05 bits per heavy atom. The molecule has 1 aliphatic carbocycles. The van der Waals surface area contributed by atoms with Crippen molar-refractivity contribution in [2.45, 2.75) is 38.8 Å². The Labute approximate surface area is 126 Å². The Morgan fingerprint density at radius 3 is 2.90 bits per heavy atom. The van der Waals surface area contributed by atoms with E-state index in [0.29, 0.717) is 11.9 Å². The standard InChI is InChI=1S/C18H22N2O/c1-13(16-7-6-15-4-3-5-17(15)11-16)20-12-14-8-9-19-18(10-14)21-2/h6-11,13,20H,3-5,12H2,1-2H3. The molecule has 1 unspecified atom stereocenters. The lowest BCUT2D eigenvalue weighted by atomic mass is 10.0. The van der Waals surface area contributed by atoms with Crippen LogP contribution in [-0.4, -0.2) is 12.1 Å². The number of ether oxygens (including phenoxy) is 1. The molecule has 0 saturated heterocycles. The zero-order valence-electron chi connectivity index (χ0n) is 12.7. The molecule has 110 valence electrons. The topological polar surface area (TPSA) is 34.1 Å².